The molecule has 0 atom stereocenters. The van der Waals surface area contributed by atoms with E-state index in [2.05, 4.69) is 15.5 Å². The smallest absolute Gasteiger partial charge is 0.292 e. The average Bonchev–Trinajstić information content (AvgIpc) is 3.05. The Balaban J connectivity index is 1.58. The van der Waals surface area contributed by atoms with Gasteiger partial charge in [-0.1, -0.05) is 17.3 Å². The Labute approximate surface area is 126 Å². The van der Waals surface area contributed by atoms with Crippen molar-refractivity contribution in [3.63, 3.8) is 0 Å². The number of carbonyl (C=O) groups is 1. The first-order chi connectivity index (χ1) is 10.7. The molecule has 0 unspecified atom stereocenters. The summed E-state index contributed by atoms with van der Waals surface area (Å²) >= 11 is 0. The number of carbonyl (C=O) groups excluding carboxylic acids is 1. The molecule has 1 aliphatic heterocycles. The van der Waals surface area contributed by atoms with E-state index in [1.807, 2.05) is 0 Å². The summed E-state index contributed by atoms with van der Waals surface area (Å²) in [5.74, 6) is -0.0699. The largest absolute Gasteiger partial charge is 0.381 e. The minimum absolute atomic E-state index is 0.0172. The predicted octanol–water partition coefficient (Wildman–Crippen LogP) is 2.03. The van der Waals surface area contributed by atoms with E-state index in [4.69, 9.17) is 9.26 Å². The number of amides is 1. The van der Waals surface area contributed by atoms with Crippen molar-refractivity contribution in [2.45, 2.75) is 25.3 Å². The molecule has 1 aromatic carbocycles. The normalized spacial score (nSPS) is 15.7. The van der Waals surface area contributed by atoms with Crippen LogP contribution in [0, 0.1) is 5.82 Å². The van der Waals surface area contributed by atoms with Gasteiger partial charge in [0.15, 0.2) is 0 Å². The molecule has 0 bridgehead atoms. The van der Waals surface area contributed by atoms with Gasteiger partial charge in [-0.3, -0.25) is 4.79 Å². The van der Waals surface area contributed by atoms with Crippen LogP contribution in [-0.2, 0) is 11.3 Å². The van der Waals surface area contributed by atoms with Gasteiger partial charge in [0.1, 0.15) is 5.82 Å². The number of nitrogens with one attached hydrogen (secondary N) is 1. The van der Waals surface area contributed by atoms with Crippen LogP contribution < -0.4 is 5.32 Å². The van der Waals surface area contributed by atoms with Crippen molar-refractivity contribution < 1.29 is 18.4 Å². The maximum Gasteiger partial charge on any atom is 0.292 e. The second kappa shape index (κ2) is 6.65. The molecule has 0 radical (unpaired) electrons. The van der Waals surface area contributed by atoms with Gasteiger partial charge in [0, 0.05) is 25.7 Å². The Kier molecular flexibility index (Phi) is 4.43. The Hall–Kier alpha value is -2.28. The van der Waals surface area contributed by atoms with Gasteiger partial charge in [-0.25, -0.2) is 4.39 Å². The fourth-order valence-electron chi connectivity index (χ4n) is 2.30. The SMILES string of the molecule is O=C(NCc1ccc(F)cc1)c1noc(C2CCOCC2)n1. The summed E-state index contributed by atoms with van der Waals surface area (Å²) in [7, 11) is 0. The lowest BCUT2D eigenvalue weighted by molar-refractivity contribution is 0.0778. The molecule has 1 aromatic heterocycles. The second-order valence-electron chi connectivity index (χ2n) is 5.15. The summed E-state index contributed by atoms with van der Waals surface area (Å²) < 4.78 is 23.2. The topological polar surface area (TPSA) is 77.2 Å². The van der Waals surface area contributed by atoms with E-state index in [9.17, 15) is 9.18 Å². The van der Waals surface area contributed by atoms with Crippen LogP contribution in [0.15, 0.2) is 28.8 Å². The maximum absolute atomic E-state index is 12.8. The summed E-state index contributed by atoms with van der Waals surface area (Å²) in [5, 5.41) is 6.40. The van der Waals surface area contributed by atoms with Gasteiger partial charge in [0.25, 0.3) is 11.7 Å². The zero-order chi connectivity index (χ0) is 15.4. The van der Waals surface area contributed by atoms with Crippen LogP contribution in [0.25, 0.3) is 0 Å². The van der Waals surface area contributed by atoms with Crippen LogP contribution in [0.1, 0.15) is 40.8 Å². The van der Waals surface area contributed by atoms with Crippen molar-refractivity contribution in [3.05, 3.63) is 47.4 Å². The molecule has 6 nitrogen and oxygen atoms in total. The Bertz CT molecular complexity index is 636. The molecular weight excluding hydrogens is 289 g/mol. The molecule has 1 aliphatic rings. The van der Waals surface area contributed by atoms with E-state index >= 15 is 0 Å². The van der Waals surface area contributed by atoms with Crippen LogP contribution in [0.4, 0.5) is 4.39 Å². The number of hydrogen-bond donors (Lipinski definition) is 1. The number of halogens is 1. The maximum atomic E-state index is 12.8. The highest BCUT2D eigenvalue weighted by molar-refractivity contribution is 5.90. The van der Waals surface area contributed by atoms with Crippen molar-refractivity contribution in [1.82, 2.24) is 15.5 Å². The lowest BCUT2D eigenvalue weighted by Gasteiger charge is -2.17. The monoisotopic (exact) mass is 305 g/mol. The van der Waals surface area contributed by atoms with E-state index < -0.39 is 5.91 Å². The van der Waals surface area contributed by atoms with Crippen LogP contribution in [0.3, 0.4) is 0 Å². The summed E-state index contributed by atoms with van der Waals surface area (Å²) in [4.78, 5) is 16.1. The van der Waals surface area contributed by atoms with Crippen molar-refractivity contribution in [3.8, 4) is 0 Å². The second-order valence-corrected chi connectivity index (χ2v) is 5.15. The fourth-order valence-corrected chi connectivity index (χ4v) is 2.30. The molecule has 0 saturated carbocycles. The third kappa shape index (κ3) is 3.48. The summed E-state index contributed by atoms with van der Waals surface area (Å²) in [5.41, 5.74) is 0.794. The lowest BCUT2D eigenvalue weighted by Crippen LogP contribution is -2.24. The Morgan fingerprint density at radius 2 is 2.00 bits per heavy atom. The van der Waals surface area contributed by atoms with Crippen molar-refractivity contribution >= 4 is 5.91 Å². The molecule has 1 saturated heterocycles. The first-order valence-corrected chi connectivity index (χ1v) is 7.16. The van der Waals surface area contributed by atoms with Gasteiger partial charge in [-0.15, -0.1) is 0 Å². The number of nitrogens with zero attached hydrogens (tertiary/aromatic N) is 2. The highest BCUT2D eigenvalue weighted by Crippen LogP contribution is 2.25. The molecule has 1 amide bonds. The summed E-state index contributed by atoms with van der Waals surface area (Å²) in [6.07, 6.45) is 1.64. The standard InChI is InChI=1S/C15H16FN3O3/c16-12-3-1-10(2-4-12)9-17-14(20)13-18-15(22-19-13)11-5-7-21-8-6-11/h1-4,11H,5-9H2,(H,17,20). The van der Waals surface area contributed by atoms with Crippen molar-refractivity contribution in [2.75, 3.05) is 13.2 Å². The zero-order valence-electron chi connectivity index (χ0n) is 11.9. The van der Waals surface area contributed by atoms with Gasteiger partial charge in [0.2, 0.25) is 5.89 Å². The zero-order valence-corrected chi connectivity index (χ0v) is 11.9. The highest BCUT2D eigenvalue weighted by atomic mass is 19.1. The van der Waals surface area contributed by atoms with E-state index in [0.717, 1.165) is 18.4 Å². The quantitative estimate of drug-likeness (QED) is 0.935. The lowest BCUT2D eigenvalue weighted by atomic mass is 10.0. The third-order valence-electron chi connectivity index (χ3n) is 3.58. The van der Waals surface area contributed by atoms with Crippen LogP contribution >= 0.6 is 0 Å². The van der Waals surface area contributed by atoms with Gasteiger partial charge >= 0.3 is 0 Å². The third-order valence-corrected chi connectivity index (χ3v) is 3.58. The Morgan fingerprint density at radius 1 is 1.27 bits per heavy atom. The van der Waals surface area contributed by atoms with Gasteiger partial charge < -0.3 is 14.6 Å². The minimum Gasteiger partial charge on any atom is -0.381 e. The van der Waals surface area contributed by atoms with Crippen LogP contribution in [0.5, 0.6) is 0 Å². The first-order valence-electron chi connectivity index (χ1n) is 7.16. The summed E-state index contributed by atoms with van der Waals surface area (Å²) in [6, 6.07) is 5.91. The molecular formula is C15H16FN3O3. The van der Waals surface area contributed by atoms with Crippen LogP contribution in [0.2, 0.25) is 0 Å². The summed E-state index contributed by atoms with van der Waals surface area (Å²) in [6.45, 7) is 1.61. The molecule has 2 heterocycles. The minimum atomic E-state index is -0.411. The molecule has 0 aliphatic carbocycles. The molecule has 3 rings (SSSR count). The molecule has 1 N–H and O–H groups in total. The Morgan fingerprint density at radius 3 is 2.73 bits per heavy atom. The van der Waals surface area contributed by atoms with E-state index in [0.29, 0.717) is 19.1 Å². The highest BCUT2D eigenvalue weighted by Gasteiger charge is 2.23. The number of aromatic nitrogens is 2. The number of hydrogen-bond acceptors (Lipinski definition) is 5. The predicted molar refractivity (Wildman–Crippen MR) is 74.7 cm³/mol. The number of ether oxygens (including phenoxy) is 1. The van der Waals surface area contributed by atoms with Crippen molar-refractivity contribution in [1.29, 1.82) is 0 Å². The van der Waals surface area contributed by atoms with Gasteiger partial charge in [-0.2, -0.15) is 4.98 Å². The molecule has 2 aromatic rings. The van der Waals surface area contributed by atoms with Crippen molar-refractivity contribution in [2.24, 2.45) is 0 Å². The molecule has 116 valence electrons. The first kappa shape index (κ1) is 14.6. The fraction of sp³-hybridized carbons (Fsp3) is 0.400. The van der Waals surface area contributed by atoms with Gasteiger partial charge in [-0.05, 0) is 30.5 Å². The van der Waals surface area contributed by atoms with Crippen LogP contribution in [-0.4, -0.2) is 29.3 Å². The molecule has 1 fully saturated rings. The average molecular weight is 305 g/mol. The number of rotatable bonds is 4. The van der Waals surface area contributed by atoms with Gasteiger partial charge in [0.05, 0.1) is 0 Å². The molecule has 22 heavy (non-hydrogen) atoms. The van der Waals surface area contributed by atoms with E-state index in [-0.39, 0.29) is 24.1 Å². The molecule has 0 spiro atoms. The van der Waals surface area contributed by atoms with E-state index in [1.165, 1.54) is 12.1 Å². The number of benzene rings is 1. The molecule has 7 heteroatoms. The van der Waals surface area contributed by atoms with E-state index in [1.54, 1.807) is 12.1 Å².